The zero-order valence-corrected chi connectivity index (χ0v) is 24.9. The standard InChI is InChI=1S/C30H38ClN5O6/c1-30(2,3)21(28(39)36-17-20(13-23(36)29(40)41)42-25-10-9-19(31)15-34-25)14-24(37)26(18-7-5-4-6-8-18)35-27(38)22-16-32-11-12-33-22/h9-12,15-16,18,20-21,23,26H,4-8,13-14,17H2,1-3H3,(H,35,38)(H,40,41)/t20-,21-,23+,26+/m1/s1. The number of amides is 2. The molecule has 2 aromatic heterocycles. The van der Waals surface area contributed by atoms with Crippen molar-refractivity contribution in [1.29, 1.82) is 0 Å². The van der Waals surface area contributed by atoms with Crippen LogP contribution in [0.3, 0.4) is 0 Å². The van der Waals surface area contributed by atoms with Crippen LogP contribution in [0.1, 0.15) is 76.2 Å². The van der Waals surface area contributed by atoms with Crippen molar-refractivity contribution in [3.05, 3.63) is 47.6 Å². The number of ketones is 1. The van der Waals surface area contributed by atoms with Gasteiger partial charge in [0.05, 0.1) is 23.8 Å². The number of hydrogen-bond donors (Lipinski definition) is 2. The number of carboxylic acids is 1. The number of nitrogens with one attached hydrogen (secondary N) is 1. The number of aliphatic carboxylic acids is 1. The fourth-order valence-corrected chi connectivity index (χ4v) is 5.93. The Morgan fingerprint density at radius 1 is 1.10 bits per heavy atom. The number of likely N-dealkylation sites (tertiary alicyclic amines) is 1. The number of halogens is 1. The fraction of sp³-hybridized carbons (Fsp3) is 0.567. The van der Waals surface area contributed by atoms with Crippen molar-refractivity contribution in [2.45, 2.75) is 83.9 Å². The summed E-state index contributed by atoms with van der Waals surface area (Å²) in [6.07, 6.45) is 9.54. The van der Waals surface area contributed by atoms with E-state index in [2.05, 4.69) is 20.3 Å². The van der Waals surface area contributed by atoms with Crippen molar-refractivity contribution in [3.63, 3.8) is 0 Å². The molecule has 1 saturated heterocycles. The molecule has 1 aliphatic carbocycles. The number of rotatable bonds is 10. The summed E-state index contributed by atoms with van der Waals surface area (Å²) in [4.78, 5) is 66.7. The van der Waals surface area contributed by atoms with E-state index in [4.69, 9.17) is 16.3 Å². The molecule has 4 rings (SSSR count). The maximum atomic E-state index is 14.0. The monoisotopic (exact) mass is 599 g/mol. The number of nitrogens with zero attached hydrogens (tertiary/aromatic N) is 4. The molecule has 1 saturated carbocycles. The lowest BCUT2D eigenvalue weighted by Crippen LogP contribution is -2.51. The van der Waals surface area contributed by atoms with Crippen LogP contribution in [-0.2, 0) is 14.4 Å². The lowest BCUT2D eigenvalue weighted by molar-refractivity contribution is -0.152. The van der Waals surface area contributed by atoms with Gasteiger partial charge < -0.3 is 20.1 Å². The highest BCUT2D eigenvalue weighted by Crippen LogP contribution is 2.36. The molecule has 2 aromatic rings. The summed E-state index contributed by atoms with van der Waals surface area (Å²) in [6.45, 7) is 5.60. The van der Waals surface area contributed by atoms with E-state index >= 15 is 0 Å². The second kappa shape index (κ2) is 13.6. The van der Waals surface area contributed by atoms with Gasteiger partial charge in [0.25, 0.3) is 5.91 Å². The number of carbonyl (C=O) groups is 4. The van der Waals surface area contributed by atoms with Crippen LogP contribution < -0.4 is 10.1 Å². The third-order valence-corrected chi connectivity index (χ3v) is 8.34. The minimum absolute atomic E-state index is 0.0380. The third kappa shape index (κ3) is 7.81. The summed E-state index contributed by atoms with van der Waals surface area (Å²) in [5, 5.41) is 13.3. The van der Waals surface area contributed by atoms with Crippen molar-refractivity contribution in [1.82, 2.24) is 25.2 Å². The van der Waals surface area contributed by atoms with Crippen molar-refractivity contribution in [2.24, 2.45) is 17.3 Å². The van der Waals surface area contributed by atoms with E-state index in [1.807, 2.05) is 20.8 Å². The normalized spacial score (nSPS) is 20.9. The van der Waals surface area contributed by atoms with Crippen molar-refractivity contribution in [2.75, 3.05) is 6.54 Å². The van der Waals surface area contributed by atoms with Gasteiger partial charge in [-0.2, -0.15) is 0 Å². The number of carbonyl (C=O) groups excluding carboxylic acids is 3. The zero-order chi connectivity index (χ0) is 30.4. The molecule has 2 N–H and O–H groups in total. The molecule has 0 radical (unpaired) electrons. The Morgan fingerprint density at radius 2 is 1.83 bits per heavy atom. The van der Waals surface area contributed by atoms with Crippen LogP contribution >= 0.6 is 11.6 Å². The Kier molecular flexibility index (Phi) is 10.1. The van der Waals surface area contributed by atoms with Crippen LogP contribution in [0.5, 0.6) is 5.88 Å². The van der Waals surface area contributed by atoms with Gasteiger partial charge in [0.15, 0.2) is 5.78 Å². The van der Waals surface area contributed by atoms with Gasteiger partial charge in [0.1, 0.15) is 17.8 Å². The molecular formula is C30H38ClN5O6. The Bertz CT molecular complexity index is 1260. The van der Waals surface area contributed by atoms with Crippen molar-refractivity contribution >= 4 is 35.2 Å². The number of carboxylic acid groups (broad SMARTS) is 1. The summed E-state index contributed by atoms with van der Waals surface area (Å²) < 4.78 is 5.89. The first-order valence-corrected chi connectivity index (χ1v) is 14.7. The molecule has 4 atom stereocenters. The number of hydrogen-bond acceptors (Lipinski definition) is 8. The Hall–Kier alpha value is -3.60. The molecule has 0 bridgehead atoms. The summed E-state index contributed by atoms with van der Waals surface area (Å²) in [6, 6.07) is 1.29. The average molecular weight is 600 g/mol. The average Bonchev–Trinajstić information content (AvgIpc) is 3.40. The highest BCUT2D eigenvalue weighted by atomic mass is 35.5. The van der Waals surface area contributed by atoms with Crippen LogP contribution in [0, 0.1) is 17.3 Å². The molecule has 2 amide bonds. The second-order valence-corrected chi connectivity index (χ2v) is 12.6. The quantitative estimate of drug-likeness (QED) is 0.413. The van der Waals surface area contributed by atoms with E-state index in [0.29, 0.717) is 5.02 Å². The number of pyridine rings is 1. The van der Waals surface area contributed by atoms with Gasteiger partial charge in [-0.25, -0.2) is 14.8 Å². The van der Waals surface area contributed by atoms with E-state index < -0.39 is 47.3 Å². The molecule has 0 spiro atoms. The summed E-state index contributed by atoms with van der Waals surface area (Å²) in [7, 11) is 0. The van der Waals surface area contributed by atoms with Crippen LogP contribution in [-0.4, -0.2) is 73.3 Å². The van der Waals surface area contributed by atoms with E-state index in [1.165, 1.54) is 29.7 Å². The second-order valence-electron chi connectivity index (χ2n) is 12.2. The smallest absolute Gasteiger partial charge is 0.326 e. The van der Waals surface area contributed by atoms with Crippen LogP contribution in [0.25, 0.3) is 0 Å². The van der Waals surface area contributed by atoms with Crippen molar-refractivity contribution in [3.8, 4) is 5.88 Å². The SMILES string of the molecule is CC(C)(C)[C@H](CC(=O)[C@@H](NC(=O)c1cnccn1)C1CCCCC1)C(=O)N1C[C@H](Oc2ccc(Cl)cn2)C[C@H]1C(=O)O. The molecule has 0 aromatic carbocycles. The fourth-order valence-electron chi connectivity index (χ4n) is 5.82. The first-order chi connectivity index (χ1) is 19.9. The lowest BCUT2D eigenvalue weighted by atomic mass is 9.74. The lowest BCUT2D eigenvalue weighted by Gasteiger charge is -2.36. The predicted octanol–water partition coefficient (Wildman–Crippen LogP) is 3.96. The predicted molar refractivity (Wildman–Crippen MR) is 154 cm³/mol. The molecule has 2 aliphatic rings. The Labute approximate surface area is 250 Å². The van der Waals surface area contributed by atoms with Crippen LogP contribution in [0.15, 0.2) is 36.9 Å². The van der Waals surface area contributed by atoms with Gasteiger partial charge in [-0.15, -0.1) is 0 Å². The zero-order valence-electron chi connectivity index (χ0n) is 24.2. The number of aromatic nitrogens is 3. The maximum absolute atomic E-state index is 14.0. The highest BCUT2D eigenvalue weighted by molar-refractivity contribution is 6.30. The minimum atomic E-state index is -1.14. The Balaban J connectivity index is 1.54. The van der Waals surface area contributed by atoms with Crippen LogP contribution in [0.4, 0.5) is 0 Å². The van der Waals surface area contributed by atoms with Gasteiger partial charge >= 0.3 is 5.97 Å². The van der Waals surface area contributed by atoms with E-state index in [0.717, 1.165) is 32.1 Å². The molecule has 3 heterocycles. The molecule has 226 valence electrons. The van der Waals surface area contributed by atoms with E-state index in [-0.39, 0.29) is 42.7 Å². The maximum Gasteiger partial charge on any atom is 0.326 e. The largest absolute Gasteiger partial charge is 0.480 e. The highest BCUT2D eigenvalue weighted by Gasteiger charge is 2.46. The van der Waals surface area contributed by atoms with Crippen molar-refractivity contribution < 1.29 is 29.0 Å². The first-order valence-electron chi connectivity index (χ1n) is 14.3. The van der Waals surface area contributed by atoms with Crippen LogP contribution in [0.2, 0.25) is 5.02 Å². The van der Waals surface area contributed by atoms with Gasteiger partial charge in [-0.05, 0) is 30.2 Å². The Morgan fingerprint density at radius 3 is 2.43 bits per heavy atom. The molecule has 42 heavy (non-hydrogen) atoms. The molecule has 12 heteroatoms. The molecule has 1 aliphatic heterocycles. The first kappa shape index (κ1) is 31.3. The molecule has 11 nitrogen and oxygen atoms in total. The third-order valence-electron chi connectivity index (χ3n) is 8.12. The van der Waals surface area contributed by atoms with E-state index in [1.54, 1.807) is 12.1 Å². The van der Waals surface area contributed by atoms with Gasteiger partial charge in [0.2, 0.25) is 11.8 Å². The minimum Gasteiger partial charge on any atom is -0.480 e. The summed E-state index contributed by atoms with van der Waals surface area (Å²) in [5.41, 5.74) is -0.560. The molecular weight excluding hydrogens is 562 g/mol. The molecule has 0 unspecified atom stereocenters. The molecule has 2 fully saturated rings. The number of Topliss-reactive ketones (excluding diaryl/α,β-unsaturated/α-hetero) is 1. The summed E-state index contributed by atoms with van der Waals surface area (Å²) in [5.74, 6) is -2.93. The summed E-state index contributed by atoms with van der Waals surface area (Å²) >= 11 is 5.90. The van der Waals surface area contributed by atoms with E-state index in [9.17, 15) is 24.3 Å². The van der Waals surface area contributed by atoms with Gasteiger partial charge in [-0.3, -0.25) is 19.4 Å². The number of ether oxygens (including phenoxy) is 1. The van der Waals surface area contributed by atoms with Gasteiger partial charge in [-0.1, -0.05) is 51.6 Å². The topological polar surface area (TPSA) is 152 Å². The van der Waals surface area contributed by atoms with Gasteiger partial charge in [0, 0.05) is 43.4 Å².